The summed E-state index contributed by atoms with van der Waals surface area (Å²) in [7, 11) is 3.28. The monoisotopic (exact) mass is 424 g/mol. The molecule has 3 aromatic heterocycles. The molecule has 2 aromatic carbocycles. The van der Waals surface area contributed by atoms with Crippen molar-refractivity contribution < 1.29 is 9.47 Å². The van der Waals surface area contributed by atoms with Gasteiger partial charge in [0.05, 0.1) is 20.4 Å². The number of benzene rings is 2. The van der Waals surface area contributed by atoms with Crippen LogP contribution in [0.15, 0.2) is 79.4 Å². The van der Waals surface area contributed by atoms with Crippen molar-refractivity contribution in [2.75, 3.05) is 14.2 Å². The third-order valence-corrected chi connectivity index (χ3v) is 5.66. The van der Waals surface area contributed by atoms with Gasteiger partial charge >= 0.3 is 0 Å². The van der Waals surface area contributed by atoms with Crippen LogP contribution in [0.1, 0.15) is 5.56 Å². The molecule has 5 rings (SSSR count). The Morgan fingerprint density at radius 2 is 1.72 bits per heavy atom. The maximum Gasteiger partial charge on any atom is 0.161 e. The Labute approximate surface area is 186 Å². The number of rotatable bonds is 7. The molecule has 0 aliphatic rings. The Morgan fingerprint density at radius 3 is 2.53 bits per heavy atom. The van der Waals surface area contributed by atoms with E-state index in [0.717, 1.165) is 46.3 Å². The van der Waals surface area contributed by atoms with E-state index < -0.39 is 0 Å². The van der Waals surface area contributed by atoms with Gasteiger partial charge in [0.15, 0.2) is 11.5 Å². The van der Waals surface area contributed by atoms with Gasteiger partial charge in [-0.05, 0) is 35.7 Å². The molecule has 0 saturated heterocycles. The molecule has 0 unspecified atom stereocenters. The molecular weight excluding hydrogens is 400 g/mol. The van der Waals surface area contributed by atoms with Crippen molar-refractivity contribution >= 4 is 11.0 Å². The maximum absolute atomic E-state index is 5.46. The van der Waals surface area contributed by atoms with E-state index in [0.29, 0.717) is 11.5 Å². The van der Waals surface area contributed by atoms with Gasteiger partial charge < -0.3 is 14.5 Å². The van der Waals surface area contributed by atoms with Crippen LogP contribution < -0.4 is 9.47 Å². The zero-order valence-electron chi connectivity index (χ0n) is 18.1. The van der Waals surface area contributed by atoms with Crippen LogP contribution in [0.4, 0.5) is 0 Å². The number of aromatic nitrogens is 4. The minimum Gasteiger partial charge on any atom is -0.493 e. The Kier molecular flexibility index (Phi) is 5.34. The fraction of sp³-hybridized carbons (Fsp3) is 0.154. The van der Waals surface area contributed by atoms with E-state index in [9.17, 15) is 0 Å². The molecular formula is C26H24N4O2. The van der Waals surface area contributed by atoms with E-state index in [1.807, 2.05) is 47.5 Å². The number of aryl methyl sites for hydroxylation is 2. The molecule has 6 heteroatoms. The summed E-state index contributed by atoms with van der Waals surface area (Å²) >= 11 is 0. The van der Waals surface area contributed by atoms with Crippen molar-refractivity contribution in [3.8, 4) is 33.8 Å². The Morgan fingerprint density at radius 1 is 0.875 bits per heavy atom. The van der Waals surface area contributed by atoms with Crippen LogP contribution in [0.25, 0.3) is 33.3 Å². The summed E-state index contributed by atoms with van der Waals surface area (Å²) in [6.07, 6.45) is 8.81. The highest BCUT2D eigenvalue weighted by Crippen LogP contribution is 2.35. The smallest absolute Gasteiger partial charge is 0.161 e. The molecule has 0 saturated carbocycles. The molecule has 0 radical (unpaired) electrons. The Balaban J connectivity index is 1.44. The fourth-order valence-electron chi connectivity index (χ4n) is 3.93. The van der Waals surface area contributed by atoms with Crippen molar-refractivity contribution in [3.05, 3.63) is 84.9 Å². The molecule has 0 atom stereocenters. The summed E-state index contributed by atoms with van der Waals surface area (Å²) < 4.78 is 12.8. The molecule has 160 valence electrons. The predicted octanol–water partition coefficient (Wildman–Crippen LogP) is 5.35. The van der Waals surface area contributed by atoms with Crippen LogP contribution in [0, 0.1) is 0 Å². The first-order valence-electron chi connectivity index (χ1n) is 10.5. The lowest BCUT2D eigenvalue weighted by Gasteiger charge is -2.09. The van der Waals surface area contributed by atoms with Crippen LogP contribution in [-0.4, -0.2) is 34.0 Å². The zero-order chi connectivity index (χ0) is 21.9. The highest BCUT2D eigenvalue weighted by Gasteiger charge is 2.12. The number of methoxy groups -OCH3 is 2. The summed E-state index contributed by atoms with van der Waals surface area (Å²) in [5.41, 5.74) is 6.33. The van der Waals surface area contributed by atoms with Gasteiger partial charge in [-0.3, -0.25) is 4.68 Å². The highest BCUT2D eigenvalue weighted by molar-refractivity contribution is 5.95. The molecule has 1 N–H and O–H groups in total. The van der Waals surface area contributed by atoms with E-state index in [1.54, 1.807) is 14.2 Å². The average Bonchev–Trinajstić information content (AvgIpc) is 3.49. The first-order valence-corrected chi connectivity index (χ1v) is 10.5. The number of aromatic amines is 1. The SMILES string of the molecule is COc1ccc(-c2cnc3[nH]cc(-c4cnn(CCc5ccccc5)c4)c3c2)cc1OC. The van der Waals surface area contributed by atoms with Gasteiger partial charge in [-0.15, -0.1) is 0 Å². The normalized spacial score (nSPS) is 11.1. The number of nitrogens with one attached hydrogen (secondary N) is 1. The van der Waals surface area contributed by atoms with E-state index in [-0.39, 0.29) is 0 Å². The van der Waals surface area contributed by atoms with E-state index >= 15 is 0 Å². The quantitative estimate of drug-likeness (QED) is 0.382. The second-order valence-electron chi connectivity index (χ2n) is 7.62. The molecule has 6 nitrogen and oxygen atoms in total. The Bertz CT molecular complexity index is 1360. The van der Waals surface area contributed by atoms with Crippen LogP contribution in [0.5, 0.6) is 11.5 Å². The molecule has 0 spiro atoms. The molecule has 0 aliphatic carbocycles. The second kappa shape index (κ2) is 8.59. The summed E-state index contributed by atoms with van der Waals surface area (Å²) in [5, 5.41) is 5.62. The fourth-order valence-corrected chi connectivity index (χ4v) is 3.93. The third kappa shape index (κ3) is 3.83. The van der Waals surface area contributed by atoms with Crippen molar-refractivity contribution in [2.24, 2.45) is 0 Å². The van der Waals surface area contributed by atoms with Crippen LogP contribution in [0.3, 0.4) is 0 Å². The molecule has 5 aromatic rings. The lowest BCUT2D eigenvalue weighted by molar-refractivity contribution is 0.355. The summed E-state index contributed by atoms with van der Waals surface area (Å²) in [5.74, 6) is 1.40. The van der Waals surface area contributed by atoms with Crippen LogP contribution in [0.2, 0.25) is 0 Å². The van der Waals surface area contributed by atoms with E-state index in [4.69, 9.17) is 9.47 Å². The number of nitrogens with zero attached hydrogens (tertiary/aromatic N) is 3. The summed E-state index contributed by atoms with van der Waals surface area (Å²) in [6.45, 7) is 0.835. The average molecular weight is 425 g/mol. The van der Waals surface area contributed by atoms with Gasteiger partial charge in [0, 0.05) is 47.2 Å². The molecule has 3 heterocycles. The van der Waals surface area contributed by atoms with Crippen molar-refractivity contribution in [1.82, 2.24) is 19.7 Å². The van der Waals surface area contributed by atoms with Gasteiger partial charge in [-0.1, -0.05) is 36.4 Å². The molecule has 0 fully saturated rings. The maximum atomic E-state index is 5.46. The van der Waals surface area contributed by atoms with Gasteiger partial charge in [-0.2, -0.15) is 5.10 Å². The van der Waals surface area contributed by atoms with Crippen molar-refractivity contribution in [2.45, 2.75) is 13.0 Å². The lowest BCUT2D eigenvalue weighted by Crippen LogP contribution is -2.01. The number of hydrogen-bond donors (Lipinski definition) is 1. The van der Waals surface area contributed by atoms with Gasteiger partial charge in [0.25, 0.3) is 0 Å². The standard InChI is InChI=1S/C26H24N4O2/c1-31-24-9-8-19(13-25(24)32-2)20-12-22-23(16-28-26(22)27-14-20)21-15-29-30(17-21)11-10-18-6-4-3-5-7-18/h3-9,12-17H,10-11H2,1-2H3,(H,27,28). The van der Waals surface area contributed by atoms with E-state index in [1.165, 1.54) is 5.56 Å². The van der Waals surface area contributed by atoms with Crippen molar-refractivity contribution in [1.29, 1.82) is 0 Å². The van der Waals surface area contributed by atoms with Crippen molar-refractivity contribution in [3.63, 3.8) is 0 Å². The van der Waals surface area contributed by atoms with E-state index in [2.05, 4.69) is 51.6 Å². The predicted molar refractivity (Wildman–Crippen MR) is 126 cm³/mol. The summed E-state index contributed by atoms with van der Waals surface area (Å²) in [4.78, 5) is 7.91. The minimum absolute atomic E-state index is 0.694. The number of hydrogen-bond acceptors (Lipinski definition) is 4. The number of ether oxygens (including phenoxy) is 2. The molecule has 0 bridgehead atoms. The van der Waals surface area contributed by atoms with Crippen LogP contribution >= 0.6 is 0 Å². The summed E-state index contributed by atoms with van der Waals surface area (Å²) in [6, 6.07) is 18.5. The zero-order valence-corrected chi connectivity index (χ0v) is 18.1. The largest absolute Gasteiger partial charge is 0.493 e. The topological polar surface area (TPSA) is 65.0 Å². The third-order valence-electron chi connectivity index (χ3n) is 5.66. The lowest BCUT2D eigenvalue weighted by atomic mass is 10.0. The van der Waals surface area contributed by atoms with Crippen LogP contribution in [-0.2, 0) is 13.0 Å². The number of H-pyrrole nitrogens is 1. The van der Waals surface area contributed by atoms with Gasteiger partial charge in [-0.25, -0.2) is 4.98 Å². The second-order valence-corrected chi connectivity index (χ2v) is 7.62. The number of fused-ring (bicyclic) bond motifs is 1. The molecule has 0 aliphatic heterocycles. The Hall–Kier alpha value is -4.06. The van der Waals surface area contributed by atoms with Gasteiger partial charge in [0.2, 0.25) is 0 Å². The van der Waals surface area contributed by atoms with Gasteiger partial charge in [0.1, 0.15) is 5.65 Å². The first-order chi connectivity index (χ1) is 15.7. The molecule has 32 heavy (non-hydrogen) atoms. The first kappa shape index (κ1) is 19.9. The highest BCUT2D eigenvalue weighted by atomic mass is 16.5. The number of pyridine rings is 1. The molecule has 0 amide bonds. The minimum atomic E-state index is 0.694.